The normalized spacial score (nSPS) is 12.9. The summed E-state index contributed by atoms with van der Waals surface area (Å²) in [4.78, 5) is 0. The molecule has 0 aliphatic rings. The van der Waals surface area contributed by atoms with Crippen LogP contribution >= 0.6 is 0 Å². The van der Waals surface area contributed by atoms with Gasteiger partial charge in [0.1, 0.15) is 0 Å². The molecule has 0 amide bonds. The van der Waals surface area contributed by atoms with E-state index < -0.39 is 0 Å². The van der Waals surface area contributed by atoms with Crippen LogP contribution in [0.3, 0.4) is 0 Å². The molecule has 98 valence electrons. The molecule has 0 aliphatic heterocycles. The van der Waals surface area contributed by atoms with Gasteiger partial charge in [-0.3, -0.25) is 0 Å². The minimum atomic E-state index is 0.669. The standard InChI is InChI=1S/C14H32N2/c1-3-4-5-6-7-8-9-11-14(2)16-13-10-12-15/h14,16H,3-13,15H2,1-2H3/t14-/m1/s1. The Morgan fingerprint density at radius 2 is 1.56 bits per heavy atom. The molecule has 16 heavy (non-hydrogen) atoms. The van der Waals surface area contributed by atoms with Crippen molar-refractivity contribution in [2.75, 3.05) is 13.1 Å². The molecular formula is C14H32N2. The minimum absolute atomic E-state index is 0.669. The Balaban J connectivity index is 3.06. The molecule has 0 bridgehead atoms. The van der Waals surface area contributed by atoms with Crippen molar-refractivity contribution < 1.29 is 0 Å². The molecule has 3 N–H and O–H groups in total. The molecule has 1 atom stereocenters. The molecule has 0 radical (unpaired) electrons. The first kappa shape index (κ1) is 15.9. The van der Waals surface area contributed by atoms with Gasteiger partial charge in [0.25, 0.3) is 0 Å². The summed E-state index contributed by atoms with van der Waals surface area (Å²) < 4.78 is 0. The van der Waals surface area contributed by atoms with Crippen LogP contribution < -0.4 is 11.1 Å². The van der Waals surface area contributed by atoms with Crippen molar-refractivity contribution in [3.63, 3.8) is 0 Å². The van der Waals surface area contributed by atoms with Crippen LogP contribution in [0.5, 0.6) is 0 Å². The largest absolute Gasteiger partial charge is 0.330 e. The van der Waals surface area contributed by atoms with E-state index in [1.165, 1.54) is 51.4 Å². The Hall–Kier alpha value is -0.0800. The third kappa shape index (κ3) is 12.0. The van der Waals surface area contributed by atoms with E-state index in [0.717, 1.165) is 19.5 Å². The molecule has 0 aromatic heterocycles. The van der Waals surface area contributed by atoms with Crippen LogP contribution in [-0.2, 0) is 0 Å². The molecule has 0 saturated carbocycles. The monoisotopic (exact) mass is 228 g/mol. The van der Waals surface area contributed by atoms with Crippen LogP contribution in [0.1, 0.15) is 71.6 Å². The maximum absolute atomic E-state index is 5.45. The van der Waals surface area contributed by atoms with Crippen molar-refractivity contribution >= 4 is 0 Å². The zero-order valence-electron chi connectivity index (χ0n) is 11.4. The highest BCUT2D eigenvalue weighted by atomic mass is 14.9. The van der Waals surface area contributed by atoms with Gasteiger partial charge in [-0.1, -0.05) is 51.9 Å². The van der Waals surface area contributed by atoms with E-state index in [9.17, 15) is 0 Å². The first-order valence-electron chi connectivity index (χ1n) is 7.24. The summed E-state index contributed by atoms with van der Waals surface area (Å²) in [5.74, 6) is 0. The summed E-state index contributed by atoms with van der Waals surface area (Å²) in [6, 6.07) is 0.669. The molecule has 0 saturated heterocycles. The van der Waals surface area contributed by atoms with E-state index in [4.69, 9.17) is 5.73 Å². The van der Waals surface area contributed by atoms with Crippen molar-refractivity contribution in [1.82, 2.24) is 5.32 Å². The van der Waals surface area contributed by atoms with Gasteiger partial charge >= 0.3 is 0 Å². The van der Waals surface area contributed by atoms with Crippen molar-refractivity contribution in [2.45, 2.75) is 77.7 Å². The lowest BCUT2D eigenvalue weighted by Gasteiger charge is -2.13. The number of hydrogen-bond acceptors (Lipinski definition) is 2. The lowest BCUT2D eigenvalue weighted by atomic mass is 10.1. The number of hydrogen-bond donors (Lipinski definition) is 2. The van der Waals surface area contributed by atoms with E-state index in [-0.39, 0.29) is 0 Å². The van der Waals surface area contributed by atoms with Gasteiger partial charge in [-0.2, -0.15) is 0 Å². The van der Waals surface area contributed by atoms with Crippen LogP contribution in [0.25, 0.3) is 0 Å². The van der Waals surface area contributed by atoms with Gasteiger partial charge < -0.3 is 11.1 Å². The Bertz CT molecular complexity index is 126. The summed E-state index contributed by atoms with van der Waals surface area (Å²) in [5.41, 5.74) is 5.45. The Labute approximate surface area is 102 Å². The molecule has 0 rings (SSSR count). The third-order valence-electron chi connectivity index (χ3n) is 3.11. The van der Waals surface area contributed by atoms with Crippen LogP contribution in [0, 0.1) is 0 Å². The van der Waals surface area contributed by atoms with Crippen LogP contribution in [-0.4, -0.2) is 19.1 Å². The molecule has 0 aliphatic carbocycles. The predicted octanol–water partition coefficient (Wildman–Crippen LogP) is 3.45. The van der Waals surface area contributed by atoms with Crippen molar-refractivity contribution in [3.05, 3.63) is 0 Å². The van der Waals surface area contributed by atoms with Gasteiger partial charge in [0.05, 0.1) is 0 Å². The topological polar surface area (TPSA) is 38.0 Å². The smallest absolute Gasteiger partial charge is 0.00387 e. The second kappa shape index (κ2) is 13.0. The summed E-state index contributed by atoms with van der Waals surface area (Å²) in [5, 5.41) is 3.51. The van der Waals surface area contributed by atoms with Crippen molar-refractivity contribution in [2.24, 2.45) is 5.73 Å². The summed E-state index contributed by atoms with van der Waals surface area (Å²) in [6.45, 7) is 6.44. The molecule has 2 heteroatoms. The maximum Gasteiger partial charge on any atom is 0.00387 e. The lowest BCUT2D eigenvalue weighted by molar-refractivity contribution is 0.475. The Morgan fingerprint density at radius 3 is 2.19 bits per heavy atom. The summed E-state index contributed by atoms with van der Waals surface area (Å²) in [6.07, 6.45) is 12.3. The van der Waals surface area contributed by atoms with Crippen molar-refractivity contribution in [3.8, 4) is 0 Å². The average molecular weight is 228 g/mol. The third-order valence-corrected chi connectivity index (χ3v) is 3.11. The average Bonchev–Trinajstić information content (AvgIpc) is 2.28. The molecule has 0 aromatic rings. The molecule has 2 nitrogen and oxygen atoms in total. The van der Waals surface area contributed by atoms with E-state index in [2.05, 4.69) is 19.2 Å². The van der Waals surface area contributed by atoms with E-state index >= 15 is 0 Å². The maximum atomic E-state index is 5.45. The molecule has 0 unspecified atom stereocenters. The lowest BCUT2D eigenvalue weighted by Crippen LogP contribution is -2.28. The van der Waals surface area contributed by atoms with Gasteiger partial charge in [0, 0.05) is 6.04 Å². The molecule has 0 fully saturated rings. The highest BCUT2D eigenvalue weighted by Gasteiger charge is 1.99. The van der Waals surface area contributed by atoms with Gasteiger partial charge in [-0.25, -0.2) is 0 Å². The SMILES string of the molecule is CCCCCCCCC[C@@H](C)NCCCN. The molecular weight excluding hydrogens is 196 g/mol. The fourth-order valence-electron chi connectivity index (χ4n) is 1.96. The van der Waals surface area contributed by atoms with Crippen LogP contribution in [0.2, 0.25) is 0 Å². The second-order valence-corrected chi connectivity index (χ2v) is 4.91. The quantitative estimate of drug-likeness (QED) is 0.502. The second-order valence-electron chi connectivity index (χ2n) is 4.91. The van der Waals surface area contributed by atoms with E-state index in [1.807, 2.05) is 0 Å². The Kier molecular flexibility index (Phi) is 12.9. The molecule has 0 heterocycles. The predicted molar refractivity (Wildman–Crippen MR) is 73.7 cm³/mol. The fourth-order valence-corrected chi connectivity index (χ4v) is 1.96. The molecule has 0 spiro atoms. The summed E-state index contributed by atoms with van der Waals surface area (Å²) >= 11 is 0. The van der Waals surface area contributed by atoms with Gasteiger partial charge in [0.2, 0.25) is 0 Å². The van der Waals surface area contributed by atoms with Crippen LogP contribution in [0.4, 0.5) is 0 Å². The minimum Gasteiger partial charge on any atom is -0.330 e. The van der Waals surface area contributed by atoms with E-state index in [0.29, 0.717) is 6.04 Å². The number of nitrogens with one attached hydrogen (secondary N) is 1. The zero-order valence-corrected chi connectivity index (χ0v) is 11.4. The first-order chi connectivity index (χ1) is 7.81. The van der Waals surface area contributed by atoms with Crippen LogP contribution in [0.15, 0.2) is 0 Å². The fraction of sp³-hybridized carbons (Fsp3) is 1.00. The molecule has 0 aromatic carbocycles. The Morgan fingerprint density at radius 1 is 0.938 bits per heavy atom. The highest BCUT2D eigenvalue weighted by molar-refractivity contribution is 4.60. The summed E-state index contributed by atoms with van der Waals surface area (Å²) in [7, 11) is 0. The highest BCUT2D eigenvalue weighted by Crippen LogP contribution is 2.09. The van der Waals surface area contributed by atoms with Gasteiger partial charge in [-0.15, -0.1) is 0 Å². The number of nitrogens with two attached hydrogens (primary N) is 1. The van der Waals surface area contributed by atoms with Gasteiger partial charge in [-0.05, 0) is 32.9 Å². The van der Waals surface area contributed by atoms with E-state index in [1.54, 1.807) is 0 Å². The first-order valence-corrected chi connectivity index (χ1v) is 7.24. The zero-order chi connectivity index (χ0) is 12.1. The number of rotatable bonds is 12. The number of unbranched alkanes of at least 4 members (excludes halogenated alkanes) is 6. The van der Waals surface area contributed by atoms with Gasteiger partial charge in [0.15, 0.2) is 0 Å². The van der Waals surface area contributed by atoms with Crippen molar-refractivity contribution in [1.29, 1.82) is 0 Å².